The molecule has 3 saturated heterocycles. The van der Waals surface area contributed by atoms with E-state index in [1.54, 1.807) is 6.08 Å². The van der Waals surface area contributed by atoms with E-state index in [4.69, 9.17) is 5.73 Å². The number of carboxylic acids is 1. The second-order valence-corrected chi connectivity index (χ2v) is 10.7. The highest BCUT2D eigenvalue weighted by molar-refractivity contribution is 8.00. The molecule has 4 aliphatic heterocycles. The molecule has 0 spiro atoms. The zero-order valence-electron chi connectivity index (χ0n) is 18.9. The van der Waals surface area contributed by atoms with Crippen molar-refractivity contribution < 1.29 is 29.5 Å². The lowest BCUT2D eigenvalue weighted by Gasteiger charge is -2.49. The average molecular weight is 534 g/mol. The van der Waals surface area contributed by atoms with Crippen LogP contribution in [0.3, 0.4) is 0 Å². The molecule has 5 heterocycles. The monoisotopic (exact) mass is 533 g/mol. The minimum absolute atomic E-state index is 0.0920. The molecular weight excluding hydrogens is 510 g/mol. The zero-order chi connectivity index (χ0) is 25.6. The van der Waals surface area contributed by atoms with Gasteiger partial charge in [0.25, 0.3) is 0 Å². The Hall–Kier alpha value is -3.30. The van der Waals surface area contributed by atoms with E-state index in [1.807, 2.05) is 4.90 Å². The van der Waals surface area contributed by atoms with Gasteiger partial charge in [-0.3, -0.25) is 19.3 Å². The van der Waals surface area contributed by atoms with Crippen LogP contribution in [0.25, 0.3) is 0 Å². The van der Waals surface area contributed by atoms with Crippen LogP contribution < -0.4 is 11.1 Å². The Morgan fingerprint density at radius 3 is 2.78 bits per heavy atom. The molecule has 0 saturated carbocycles. The van der Waals surface area contributed by atoms with Crippen molar-refractivity contribution in [3.05, 3.63) is 28.7 Å². The van der Waals surface area contributed by atoms with Crippen molar-refractivity contribution in [3.8, 4) is 0 Å². The maximum Gasteiger partial charge on any atom is 0.352 e. The number of rotatable bonds is 7. The number of nitrogen functional groups attached to an aromatic ring is 1. The van der Waals surface area contributed by atoms with Crippen molar-refractivity contribution >= 4 is 57.7 Å². The number of allylic oxidation sites excluding steroid dienone is 1. The van der Waals surface area contributed by atoms with Gasteiger partial charge in [0.2, 0.25) is 17.6 Å². The predicted molar refractivity (Wildman–Crippen MR) is 129 cm³/mol. The molecule has 36 heavy (non-hydrogen) atoms. The number of β-lactam (4-membered cyclic amide) rings is 1. The van der Waals surface area contributed by atoms with E-state index in [0.717, 1.165) is 31.0 Å². The first-order chi connectivity index (χ1) is 17.3. The lowest BCUT2D eigenvalue weighted by molar-refractivity contribution is -0.153. The van der Waals surface area contributed by atoms with Crippen LogP contribution in [0.15, 0.2) is 28.1 Å². The van der Waals surface area contributed by atoms with Crippen molar-refractivity contribution in [1.82, 2.24) is 24.5 Å². The average Bonchev–Trinajstić information content (AvgIpc) is 3.60. The van der Waals surface area contributed by atoms with E-state index in [0.29, 0.717) is 24.1 Å². The molecule has 3 fully saturated rings. The number of aromatic nitrogens is 2. The van der Waals surface area contributed by atoms with E-state index in [2.05, 4.69) is 19.8 Å². The van der Waals surface area contributed by atoms with Crippen LogP contribution in [0.5, 0.6) is 0 Å². The normalized spacial score (nSPS) is 27.6. The molecule has 0 unspecified atom stereocenters. The van der Waals surface area contributed by atoms with Gasteiger partial charge in [0.15, 0.2) is 16.6 Å². The standard InChI is InChI=1S/C21H23N7O6S2/c22-21-24-16(26-36-21)14(25-34)13(29)6-12-18(31)28-15(20(32)33)10(8-35-19(12)28)5-9-2-4-27(17(9)30)11-1-3-23-7-11/h5,11-12,19,23,34H,1-4,6-8H2,(H,32,33)(H2,22,24,26)/b9-5+,25-14+/t11-,12-,19-/m1/s1. The number of nitrogens with zero attached hydrogens (tertiary/aromatic N) is 5. The van der Waals surface area contributed by atoms with Crippen molar-refractivity contribution in [2.45, 2.75) is 30.7 Å². The number of hydrogen-bond acceptors (Lipinski definition) is 12. The highest BCUT2D eigenvalue weighted by Crippen LogP contribution is 2.46. The number of likely N-dealkylation sites (tertiary alicyclic amines) is 1. The summed E-state index contributed by atoms with van der Waals surface area (Å²) in [6.07, 6.45) is 2.72. The number of fused-ring (bicyclic) bond motifs is 1. The van der Waals surface area contributed by atoms with Gasteiger partial charge in [-0.05, 0) is 31.0 Å². The molecule has 0 bridgehead atoms. The summed E-state index contributed by atoms with van der Waals surface area (Å²) in [4.78, 5) is 57.6. The van der Waals surface area contributed by atoms with Gasteiger partial charge in [-0.25, -0.2) is 4.79 Å². The first-order valence-electron chi connectivity index (χ1n) is 11.3. The molecule has 3 atom stereocenters. The summed E-state index contributed by atoms with van der Waals surface area (Å²) < 4.78 is 3.86. The maximum absolute atomic E-state index is 13.0. The number of aliphatic carboxylic acids is 1. The predicted octanol–water partition coefficient (Wildman–Crippen LogP) is -0.352. The molecule has 1 aromatic heterocycles. The molecule has 1 aromatic rings. The minimum atomic E-state index is -1.27. The van der Waals surface area contributed by atoms with Crippen molar-refractivity contribution in [2.24, 2.45) is 11.1 Å². The summed E-state index contributed by atoms with van der Waals surface area (Å²) in [6.45, 7) is 2.20. The topological polar surface area (TPSA) is 191 Å². The number of carbonyl (C=O) groups is 4. The number of nitrogens with one attached hydrogen (secondary N) is 1. The number of ketones is 1. The fraction of sp³-hybridized carbons (Fsp3) is 0.476. The maximum atomic E-state index is 13.0. The number of amides is 2. The van der Waals surface area contributed by atoms with Crippen LogP contribution in [0, 0.1) is 5.92 Å². The highest BCUT2D eigenvalue weighted by atomic mass is 32.2. The van der Waals surface area contributed by atoms with Crippen molar-refractivity contribution in [1.29, 1.82) is 0 Å². The third-order valence-corrected chi connectivity index (χ3v) is 8.62. The Kier molecular flexibility index (Phi) is 6.53. The molecule has 15 heteroatoms. The smallest absolute Gasteiger partial charge is 0.352 e. The second kappa shape index (κ2) is 9.63. The molecule has 0 radical (unpaired) electrons. The summed E-state index contributed by atoms with van der Waals surface area (Å²) in [5, 5.41) is 24.9. The first-order valence-corrected chi connectivity index (χ1v) is 13.1. The van der Waals surface area contributed by atoms with Gasteiger partial charge in [0, 0.05) is 48.4 Å². The molecule has 5 rings (SSSR count). The molecule has 0 aromatic carbocycles. The molecule has 13 nitrogen and oxygen atoms in total. The van der Waals surface area contributed by atoms with Crippen molar-refractivity contribution in [3.63, 3.8) is 0 Å². The van der Waals surface area contributed by atoms with Crippen LogP contribution in [0.4, 0.5) is 5.13 Å². The van der Waals surface area contributed by atoms with Crippen LogP contribution in [0.2, 0.25) is 0 Å². The number of thioether (sulfide) groups is 1. The fourth-order valence-corrected chi connectivity index (χ4v) is 6.78. The van der Waals surface area contributed by atoms with E-state index in [9.17, 15) is 29.5 Å². The van der Waals surface area contributed by atoms with Crippen LogP contribution in [0.1, 0.15) is 25.1 Å². The molecule has 5 N–H and O–H groups in total. The summed E-state index contributed by atoms with van der Waals surface area (Å²) in [6, 6.07) is 0.139. The Morgan fingerprint density at radius 2 is 2.14 bits per heavy atom. The van der Waals surface area contributed by atoms with Gasteiger partial charge in [-0.15, -0.1) is 11.8 Å². The van der Waals surface area contributed by atoms with Gasteiger partial charge in [0.05, 0.1) is 11.3 Å². The van der Waals surface area contributed by atoms with Crippen LogP contribution >= 0.6 is 23.3 Å². The number of nitrogens with two attached hydrogens (primary N) is 1. The van der Waals surface area contributed by atoms with Crippen LogP contribution in [-0.2, 0) is 19.2 Å². The quantitative estimate of drug-likeness (QED) is 0.118. The third-order valence-electron chi connectivity index (χ3n) is 6.71. The first kappa shape index (κ1) is 24.4. The minimum Gasteiger partial charge on any atom is -0.477 e. The number of anilines is 1. The molecule has 0 aliphatic carbocycles. The van der Waals surface area contributed by atoms with Gasteiger partial charge < -0.3 is 26.3 Å². The zero-order valence-corrected chi connectivity index (χ0v) is 20.5. The Labute approximate surface area is 213 Å². The van der Waals surface area contributed by atoms with Gasteiger partial charge in [-0.2, -0.15) is 9.36 Å². The number of Topliss-reactive ketones (excluding diaryl/α,β-unsaturated/α-hetero) is 1. The Morgan fingerprint density at radius 1 is 1.33 bits per heavy atom. The largest absolute Gasteiger partial charge is 0.477 e. The summed E-state index contributed by atoms with van der Waals surface area (Å²) in [7, 11) is 0. The molecule has 2 amide bonds. The molecule has 190 valence electrons. The number of carboxylic acid groups (broad SMARTS) is 1. The lowest BCUT2D eigenvalue weighted by Crippen LogP contribution is -2.62. The third kappa shape index (κ3) is 4.16. The number of oxime groups is 1. The fourth-order valence-electron chi connectivity index (χ4n) is 4.97. The number of hydrogen-bond donors (Lipinski definition) is 4. The van der Waals surface area contributed by atoms with E-state index >= 15 is 0 Å². The summed E-state index contributed by atoms with van der Waals surface area (Å²) in [5.41, 5.74) is 5.88. The Balaban J connectivity index is 1.33. The lowest BCUT2D eigenvalue weighted by atomic mass is 9.89. The highest BCUT2D eigenvalue weighted by Gasteiger charge is 2.54. The van der Waals surface area contributed by atoms with Crippen LogP contribution in [-0.4, -0.2) is 95.6 Å². The second-order valence-electron chi connectivity index (χ2n) is 8.79. The van der Waals surface area contributed by atoms with E-state index in [1.165, 1.54) is 16.7 Å². The molecule has 4 aliphatic rings. The van der Waals surface area contributed by atoms with Crippen molar-refractivity contribution in [2.75, 3.05) is 31.1 Å². The summed E-state index contributed by atoms with van der Waals surface area (Å²) in [5.74, 6) is -3.20. The van der Waals surface area contributed by atoms with Gasteiger partial charge in [-0.1, -0.05) is 5.16 Å². The SMILES string of the molecule is Nc1nc(/C(=N/O)C(=O)C[C@@H]2C(=O)N3C(C(=O)O)=C(/C=C4\CCN([C@@H]5CCNC5)C4=O)CS[C@H]23)ns1. The number of carbonyl (C=O) groups excluding carboxylic acids is 3. The van der Waals surface area contributed by atoms with E-state index < -0.39 is 34.7 Å². The summed E-state index contributed by atoms with van der Waals surface area (Å²) >= 11 is 2.16. The van der Waals surface area contributed by atoms with E-state index in [-0.39, 0.29) is 40.8 Å². The Bertz CT molecular complexity index is 1230. The van der Waals surface area contributed by atoms with Gasteiger partial charge >= 0.3 is 5.97 Å². The molecular formula is C21H23N7O6S2. The van der Waals surface area contributed by atoms with Gasteiger partial charge in [0.1, 0.15) is 5.70 Å².